The zero-order chi connectivity index (χ0) is 24.2. The number of benzene rings is 2. The van der Waals surface area contributed by atoms with Crippen LogP contribution in [0.25, 0.3) is 16.2 Å². The van der Waals surface area contributed by atoms with Crippen molar-refractivity contribution in [2.75, 3.05) is 13.6 Å². The minimum Gasteiger partial charge on any atom is -0.349 e. The van der Waals surface area contributed by atoms with Crippen LogP contribution >= 0.6 is 27.3 Å². The van der Waals surface area contributed by atoms with Gasteiger partial charge in [-0.2, -0.15) is 0 Å². The molecule has 34 heavy (non-hydrogen) atoms. The van der Waals surface area contributed by atoms with Gasteiger partial charge in [0.05, 0.1) is 42.0 Å². The Morgan fingerprint density at radius 3 is 2.74 bits per heavy atom. The van der Waals surface area contributed by atoms with Gasteiger partial charge in [0.25, 0.3) is 5.69 Å². The number of hydrogen-bond acceptors (Lipinski definition) is 6. The predicted octanol–water partition coefficient (Wildman–Crippen LogP) is 4.05. The fraction of sp³-hybridized carbons (Fsp3) is 0.174. The number of nitro groups is 1. The van der Waals surface area contributed by atoms with E-state index in [0.717, 1.165) is 26.4 Å². The molecule has 174 valence electrons. The molecule has 4 aromatic rings. The molecule has 4 rings (SSSR count). The third-order valence-corrected chi connectivity index (χ3v) is 6.58. The summed E-state index contributed by atoms with van der Waals surface area (Å²) in [6, 6.07) is 13.9. The number of imidazole rings is 1. The first-order chi connectivity index (χ1) is 16.3. The number of amides is 2. The van der Waals surface area contributed by atoms with E-state index < -0.39 is 4.92 Å². The minimum atomic E-state index is -0.506. The van der Waals surface area contributed by atoms with Crippen LogP contribution in [0.1, 0.15) is 11.3 Å². The van der Waals surface area contributed by atoms with Gasteiger partial charge >= 0.3 is 0 Å². The van der Waals surface area contributed by atoms with E-state index >= 15 is 0 Å². The first-order valence-electron chi connectivity index (χ1n) is 10.3. The second kappa shape index (κ2) is 10.1. The second-order valence-electron chi connectivity index (χ2n) is 7.63. The summed E-state index contributed by atoms with van der Waals surface area (Å²) in [7, 11) is 1.53. The van der Waals surface area contributed by atoms with Crippen molar-refractivity contribution in [2.24, 2.45) is 0 Å². The highest BCUT2D eigenvalue weighted by atomic mass is 79.9. The first kappa shape index (κ1) is 23.6. The Balaban J connectivity index is 1.37. The van der Waals surface area contributed by atoms with Crippen LogP contribution in [0.15, 0.2) is 64.6 Å². The van der Waals surface area contributed by atoms with Crippen LogP contribution in [0.5, 0.6) is 0 Å². The zero-order valence-corrected chi connectivity index (χ0v) is 20.5. The monoisotopic (exact) mass is 541 g/mol. The Kier molecular flexibility index (Phi) is 7.03. The Hall–Kier alpha value is -3.57. The SMILES string of the molecule is CN(CC(=O)NCc1cnc2scc(-c3ccc(Br)cc3)n12)C(=O)Cc1cccc([N+](=O)[O-])c1. The molecule has 0 spiro atoms. The van der Waals surface area contributed by atoms with Gasteiger partial charge in [-0.1, -0.05) is 40.2 Å². The van der Waals surface area contributed by atoms with Crippen molar-refractivity contribution in [1.29, 1.82) is 0 Å². The Bertz CT molecular complexity index is 1370. The molecule has 0 saturated heterocycles. The largest absolute Gasteiger partial charge is 0.349 e. The van der Waals surface area contributed by atoms with Crippen LogP contribution in [0, 0.1) is 10.1 Å². The number of nitrogens with zero attached hydrogens (tertiary/aromatic N) is 4. The van der Waals surface area contributed by atoms with Gasteiger partial charge in [0.15, 0.2) is 4.96 Å². The van der Waals surface area contributed by atoms with E-state index in [2.05, 4.69) is 26.2 Å². The van der Waals surface area contributed by atoms with E-state index in [1.807, 2.05) is 34.0 Å². The molecule has 0 aliphatic heterocycles. The van der Waals surface area contributed by atoms with E-state index in [-0.39, 0.29) is 37.0 Å². The zero-order valence-electron chi connectivity index (χ0n) is 18.1. The highest BCUT2D eigenvalue weighted by Gasteiger charge is 2.17. The van der Waals surface area contributed by atoms with Crippen LogP contribution in [-0.4, -0.2) is 44.6 Å². The number of rotatable bonds is 8. The minimum absolute atomic E-state index is 0.0276. The van der Waals surface area contributed by atoms with E-state index in [4.69, 9.17) is 0 Å². The number of nitro benzene ring substituents is 1. The average molecular weight is 542 g/mol. The lowest BCUT2D eigenvalue weighted by Crippen LogP contribution is -2.38. The van der Waals surface area contributed by atoms with Crippen LogP contribution in [0.3, 0.4) is 0 Å². The molecule has 0 bridgehead atoms. The van der Waals surface area contributed by atoms with Crippen molar-refractivity contribution in [3.63, 3.8) is 0 Å². The van der Waals surface area contributed by atoms with Gasteiger partial charge in [-0.3, -0.25) is 24.1 Å². The maximum atomic E-state index is 12.5. The number of likely N-dealkylation sites (N-methyl/N-ethyl adjacent to an activating group) is 1. The summed E-state index contributed by atoms with van der Waals surface area (Å²) in [5, 5.41) is 15.8. The number of carbonyl (C=O) groups excluding carboxylic acids is 2. The molecule has 2 aromatic carbocycles. The molecule has 1 N–H and O–H groups in total. The summed E-state index contributed by atoms with van der Waals surface area (Å²) in [4.78, 5) is 41.9. The number of aromatic nitrogens is 2. The van der Waals surface area contributed by atoms with Gasteiger partial charge in [-0.15, -0.1) is 11.3 Å². The molecule has 0 atom stereocenters. The van der Waals surface area contributed by atoms with E-state index in [1.54, 1.807) is 12.3 Å². The molecular formula is C23H20BrN5O4S. The maximum Gasteiger partial charge on any atom is 0.269 e. The molecule has 2 amide bonds. The van der Waals surface area contributed by atoms with Crippen LogP contribution in [-0.2, 0) is 22.6 Å². The summed E-state index contributed by atoms with van der Waals surface area (Å²) >= 11 is 4.96. The Labute approximate surface area is 207 Å². The van der Waals surface area contributed by atoms with Gasteiger partial charge in [0, 0.05) is 29.0 Å². The highest BCUT2D eigenvalue weighted by Crippen LogP contribution is 2.28. The number of carbonyl (C=O) groups is 2. The molecular weight excluding hydrogens is 522 g/mol. The van der Waals surface area contributed by atoms with Gasteiger partial charge in [0.2, 0.25) is 11.8 Å². The predicted molar refractivity (Wildman–Crippen MR) is 132 cm³/mol. The third kappa shape index (κ3) is 5.32. The fourth-order valence-corrected chi connectivity index (χ4v) is 4.61. The Morgan fingerprint density at radius 1 is 1.24 bits per heavy atom. The first-order valence-corrected chi connectivity index (χ1v) is 11.9. The van der Waals surface area contributed by atoms with Gasteiger partial charge in [-0.05, 0) is 23.3 Å². The van der Waals surface area contributed by atoms with Crippen molar-refractivity contribution in [2.45, 2.75) is 13.0 Å². The summed E-state index contributed by atoms with van der Waals surface area (Å²) in [6.45, 7) is 0.131. The number of hydrogen-bond donors (Lipinski definition) is 1. The van der Waals surface area contributed by atoms with Crippen LogP contribution in [0.2, 0.25) is 0 Å². The lowest BCUT2D eigenvalue weighted by atomic mass is 10.1. The fourth-order valence-electron chi connectivity index (χ4n) is 3.45. The topological polar surface area (TPSA) is 110 Å². The third-order valence-electron chi connectivity index (χ3n) is 5.21. The van der Waals surface area contributed by atoms with Gasteiger partial charge < -0.3 is 10.2 Å². The molecule has 0 radical (unpaired) electrons. The lowest BCUT2D eigenvalue weighted by molar-refractivity contribution is -0.384. The number of halogens is 1. The standard InChI is InChI=1S/C23H20BrN5O4S/c1-27(22(31)10-15-3-2-4-18(9-15)29(32)33)13-21(30)25-11-19-12-26-23-28(19)20(14-34-23)16-5-7-17(24)8-6-16/h2-9,12,14H,10-11,13H2,1H3,(H,25,30). The molecule has 0 unspecified atom stereocenters. The molecule has 2 aromatic heterocycles. The molecule has 0 saturated carbocycles. The quantitative estimate of drug-likeness (QED) is 0.267. The van der Waals surface area contributed by atoms with Crippen molar-refractivity contribution < 1.29 is 14.5 Å². The normalized spacial score (nSPS) is 10.9. The van der Waals surface area contributed by atoms with Crippen LogP contribution < -0.4 is 5.32 Å². The molecule has 2 heterocycles. The Morgan fingerprint density at radius 2 is 2.00 bits per heavy atom. The smallest absolute Gasteiger partial charge is 0.269 e. The van der Waals surface area contributed by atoms with Gasteiger partial charge in [0.1, 0.15) is 0 Å². The van der Waals surface area contributed by atoms with Crippen molar-refractivity contribution in [1.82, 2.24) is 19.6 Å². The van der Waals surface area contributed by atoms with Crippen molar-refractivity contribution in [3.05, 3.63) is 86.0 Å². The summed E-state index contributed by atoms with van der Waals surface area (Å²) in [5.74, 6) is -0.622. The van der Waals surface area contributed by atoms with E-state index in [0.29, 0.717) is 5.56 Å². The maximum absolute atomic E-state index is 12.5. The molecule has 0 fully saturated rings. The number of fused-ring (bicyclic) bond motifs is 1. The number of nitrogens with one attached hydrogen (secondary N) is 1. The van der Waals surface area contributed by atoms with Gasteiger partial charge in [-0.25, -0.2) is 4.98 Å². The number of non-ortho nitro benzene ring substituents is 1. The van der Waals surface area contributed by atoms with Crippen molar-refractivity contribution in [3.8, 4) is 11.3 Å². The lowest BCUT2D eigenvalue weighted by Gasteiger charge is -2.17. The molecule has 0 aliphatic rings. The van der Waals surface area contributed by atoms with Crippen LogP contribution in [0.4, 0.5) is 5.69 Å². The second-order valence-corrected chi connectivity index (χ2v) is 9.38. The summed E-state index contributed by atoms with van der Waals surface area (Å²) in [6.07, 6.45) is 1.70. The number of thiazole rings is 1. The average Bonchev–Trinajstić information content (AvgIpc) is 3.41. The molecule has 0 aliphatic carbocycles. The summed E-state index contributed by atoms with van der Waals surface area (Å²) < 4.78 is 3.00. The van der Waals surface area contributed by atoms with Crippen molar-refractivity contribution >= 4 is 49.7 Å². The van der Waals surface area contributed by atoms with E-state index in [9.17, 15) is 19.7 Å². The molecule has 11 heteroatoms. The summed E-state index contributed by atoms with van der Waals surface area (Å²) in [5.41, 5.74) is 3.29. The molecule has 9 nitrogen and oxygen atoms in total. The highest BCUT2D eigenvalue weighted by molar-refractivity contribution is 9.10. The van der Waals surface area contributed by atoms with E-state index in [1.165, 1.54) is 41.5 Å².